The van der Waals surface area contributed by atoms with E-state index in [4.69, 9.17) is 15.2 Å². The molecule has 8 nitrogen and oxygen atoms in total. The molecule has 2 amide bonds. The maximum absolute atomic E-state index is 12.5. The van der Waals surface area contributed by atoms with Gasteiger partial charge in [0.25, 0.3) is 0 Å². The lowest BCUT2D eigenvalue weighted by molar-refractivity contribution is -0.0102. The van der Waals surface area contributed by atoms with Crippen LogP contribution in [0.2, 0.25) is 0 Å². The van der Waals surface area contributed by atoms with Crippen LogP contribution in [0, 0.1) is 0 Å². The predicted octanol–water partition coefficient (Wildman–Crippen LogP) is 5.18. The molecule has 1 aromatic rings. The predicted molar refractivity (Wildman–Crippen MR) is 132 cm³/mol. The summed E-state index contributed by atoms with van der Waals surface area (Å²) in [6.07, 6.45) is -1.69. The first-order valence-corrected chi connectivity index (χ1v) is 10.3. The fraction of sp³-hybridized carbons (Fsp3) is 0.550. The van der Waals surface area contributed by atoms with Gasteiger partial charge in [0.05, 0.1) is 5.69 Å². The highest BCUT2D eigenvalue weighted by molar-refractivity contribution is 14.0. The molecule has 170 valence electrons. The summed E-state index contributed by atoms with van der Waals surface area (Å²) in [5.41, 5.74) is 8.60. The first-order valence-electron chi connectivity index (χ1n) is 9.36. The van der Waals surface area contributed by atoms with Gasteiger partial charge in [0.15, 0.2) is 5.17 Å². The first-order chi connectivity index (χ1) is 13.3. The molecule has 10 heteroatoms. The minimum Gasteiger partial charge on any atom is -0.442 e. The van der Waals surface area contributed by atoms with Crippen molar-refractivity contribution in [3.8, 4) is 0 Å². The second kappa shape index (κ2) is 12.4. The maximum atomic E-state index is 12.5. The molecule has 0 spiro atoms. The number of rotatable bonds is 5. The highest BCUT2D eigenvalue weighted by atomic mass is 127. The molecular weight excluding hydrogens is 519 g/mol. The molecule has 1 rings (SSSR count). The Hall–Kier alpha value is -1.53. The minimum absolute atomic E-state index is 0. The van der Waals surface area contributed by atoms with Gasteiger partial charge in [-0.1, -0.05) is 30.8 Å². The number of ether oxygens (including phenoxy) is 2. The highest BCUT2D eigenvalue weighted by Crippen LogP contribution is 2.17. The van der Waals surface area contributed by atoms with Crippen LogP contribution >= 0.6 is 35.7 Å². The number of hydrazine groups is 1. The van der Waals surface area contributed by atoms with E-state index in [1.807, 2.05) is 31.2 Å². The van der Waals surface area contributed by atoms with E-state index in [2.05, 4.69) is 10.4 Å². The van der Waals surface area contributed by atoms with E-state index in [1.165, 1.54) is 11.8 Å². The molecule has 0 saturated carbocycles. The van der Waals surface area contributed by atoms with Crippen LogP contribution in [0.4, 0.5) is 15.3 Å². The molecule has 0 saturated heterocycles. The lowest BCUT2D eigenvalue weighted by atomic mass is 10.2. The normalized spacial score (nSPS) is 12.0. The molecule has 0 aromatic heterocycles. The van der Waals surface area contributed by atoms with Crippen LogP contribution in [0.5, 0.6) is 0 Å². The summed E-state index contributed by atoms with van der Waals surface area (Å²) in [6.45, 7) is 12.5. The van der Waals surface area contributed by atoms with E-state index in [1.54, 1.807) is 41.5 Å². The van der Waals surface area contributed by atoms with Crippen molar-refractivity contribution in [2.24, 2.45) is 10.7 Å². The van der Waals surface area contributed by atoms with Gasteiger partial charge < -0.3 is 15.2 Å². The average Bonchev–Trinajstić information content (AvgIpc) is 2.52. The number of aliphatic imine (C=N–C) groups is 1. The number of benzene rings is 1. The lowest BCUT2D eigenvalue weighted by Crippen LogP contribution is -2.50. The Morgan fingerprint density at radius 3 is 2.10 bits per heavy atom. The third kappa shape index (κ3) is 11.6. The zero-order valence-corrected chi connectivity index (χ0v) is 21.8. The number of nitrogens with zero attached hydrogens (tertiary/aromatic N) is 2. The number of nitrogens with two attached hydrogens (primary N) is 1. The van der Waals surface area contributed by atoms with E-state index in [9.17, 15) is 9.59 Å². The SMILES string of the molecule is CCSC(N)=Nc1cccc(CNN(C(=O)OC(C)(C)C)C(=O)OC(C)(C)C)c1.I. The van der Waals surface area contributed by atoms with Crippen LogP contribution in [0.3, 0.4) is 0 Å². The molecule has 1 aromatic carbocycles. The van der Waals surface area contributed by atoms with Crippen molar-refractivity contribution in [1.82, 2.24) is 10.4 Å². The molecule has 0 aliphatic heterocycles. The van der Waals surface area contributed by atoms with E-state index < -0.39 is 23.4 Å². The monoisotopic (exact) mass is 552 g/mol. The molecular formula is C20H33IN4O4S. The van der Waals surface area contributed by atoms with Gasteiger partial charge in [-0.25, -0.2) is 20.0 Å². The largest absolute Gasteiger partial charge is 0.442 e. The van der Waals surface area contributed by atoms with Gasteiger partial charge in [-0.15, -0.1) is 29.0 Å². The Morgan fingerprint density at radius 1 is 1.10 bits per heavy atom. The lowest BCUT2D eigenvalue weighted by Gasteiger charge is -2.28. The summed E-state index contributed by atoms with van der Waals surface area (Å²) in [5, 5.41) is 1.22. The van der Waals surface area contributed by atoms with Crippen molar-refractivity contribution in [2.45, 2.75) is 66.2 Å². The summed E-state index contributed by atoms with van der Waals surface area (Å²) < 4.78 is 10.6. The Bertz CT molecular complexity index is 717. The number of carbonyl (C=O) groups excluding carboxylic acids is 2. The van der Waals surface area contributed by atoms with Gasteiger partial charge >= 0.3 is 12.2 Å². The van der Waals surface area contributed by atoms with Crippen molar-refractivity contribution >= 4 is 58.8 Å². The summed E-state index contributed by atoms with van der Waals surface area (Å²) in [6, 6.07) is 7.31. The fourth-order valence-electron chi connectivity index (χ4n) is 2.03. The van der Waals surface area contributed by atoms with E-state index in [0.29, 0.717) is 10.9 Å². The molecule has 0 aliphatic carbocycles. The van der Waals surface area contributed by atoms with E-state index >= 15 is 0 Å². The topological polar surface area (TPSA) is 106 Å². The maximum Gasteiger partial charge on any atom is 0.434 e. The van der Waals surface area contributed by atoms with Crippen molar-refractivity contribution < 1.29 is 19.1 Å². The molecule has 0 radical (unpaired) electrons. The van der Waals surface area contributed by atoms with Gasteiger partial charge in [-0.05, 0) is 65.0 Å². The smallest absolute Gasteiger partial charge is 0.434 e. The molecule has 0 fully saturated rings. The van der Waals surface area contributed by atoms with Crippen LogP contribution in [0.15, 0.2) is 29.3 Å². The number of halogens is 1. The summed E-state index contributed by atoms with van der Waals surface area (Å²) >= 11 is 1.45. The standard InChI is InChI=1S/C20H32N4O4S.HI/c1-8-29-16(21)23-15-11-9-10-14(12-15)13-22-24(17(25)27-19(2,3)4)18(26)28-20(5,6)7;/h9-12,22H,8,13H2,1-7H3,(H2,21,23);1H. The van der Waals surface area contributed by atoms with Crippen molar-refractivity contribution in [3.63, 3.8) is 0 Å². The Morgan fingerprint density at radius 2 is 1.63 bits per heavy atom. The number of amidine groups is 1. The Kier molecular flexibility index (Phi) is 11.7. The number of thioether (sulfide) groups is 1. The summed E-state index contributed by atoms with van der Waals surface area (Å²) in [5.74, 6) is 0.831. The van der Waals surface area contributed by atoms with Crippen LogP contribution in [-0.2, 0) is 16.0 Å². The van der Waals surface area contributed by atoms with Gasteiger partial charge in [0, 0.05) is 6.54 Å². The molecule has 0 heterocycles. The third-order valence-corrected chi connectivity index (χ3v) is 3.71. The zero-order chi connectivity index (χ0) is 22.2. The molecule has 0 atom stereocenters. The van der Waals surface area contributed by atoms with Gasteiger partial charge in [-0.2, -0.15) is 0 Å². The van der Waals surface area contributed by atoms with Crippen molar-refractivity contribution in [1.29, 1.82) is 0 Å². The second-order valence-corrected chi connectivity index (χ2v) is 9.47. The molecule has 0 bridgehead atoms. The van der Waals surface area contributed by atoms with Crippen LogP contribution in [-0.4, -0.2) is 39.3 Å². The Balaban J connectivity index is 0.00000841. The first kappa shape index (κ1) is 28.5. The summed E-state index contributed by atoms with van der Waals surface area (Å²) in [7, 11) is 0. The Labute approximate surface area is 200 Å². The van der Waals surface area contributed by atoms with Crippen LogP contribution in [0.1, 0.15) is 54.0 Å². The zero-order valence-electron chi connectivity index (χ0n) is 18.6. The van der Waals surface area contributed by atoms with Gasteiger partial charge in [-0.3, -0.25) is 0 Å². The average molecular weight is 552 g/mol. The third-order valence-electron chi connectivity index (χ3n) is 3.04. The molecule has 30 heavy (non-hydrogen) atoms. The molecule has 3 N–H and O–H groups in total. The fourth-order valence-corrected chi connectivity index (χ4v) is 2.50. The number of carbonyl (C=O) groups is 2. The minimum atomic E-state index is -0.843. The quantitative estimate of drug-likeness (QED) is 0.224. The number of nitrogens with one attached hydrogen (secondary N) is 1. The number of amides is 2. The number of hydrogen-bond acceptors (Lipinski definition) is 7. The number of hydrogen-bond donors (Lipinski definition) is 2. The van der Waals surface area contributed by atoms with Crippen LogP contribution in [0.25, 0.3) is 0 Å². The van der Waals surface area contributed by atoms with E-state index in [-0.39, 0.29) is 30.5 Å². The van der Waals surface area contributed by atoms with Crippen molar-refractivity contribution in [2.75, 3.05) is 5.75 Å². The number of imide groups is 1. The van der Waals surface area contributed by atoms with Gasteiger partial charge in [0.1, 0.15) is 11.2 Å². The van der Waals surface area contributed by atoms with Crippen molar-refractivity contribution in [3.05, 3.63) is 29.8 Å². The molecule has 0 aliphatic rings. The highest BCUT2D eigenvalue weighted by Gasteiger charge is 2.31. The van der Waals surface area contributed by atoms with Gasteiger partial charge in [0.2, 0.25) is 0 Å². The molecule has 0 unspecified atom stereocenters. The van der Waals surface area contributed by atoms with E-state index in [0.717, 1.165) is 16.3 Å². The summed E-state index contributed by atoms with van der Waals surface area (Å²) in [4.78, 5) is 29.3. The second-order valence-electron chi connectivity index (χ2n) is 8.18. The van der Waals surface area contributed by atoms with Crippen LogP contribution < -0.4 is 11.2 Å².